The standard InChI is InChI=1S/C7H9N3O.C5H7NO2/c8-6-4-2-1-3-5(6)7(11)10-9;7-4-2-1-3-5(8)6-4/h1-4H,8-9H2,(H,10,11);1-3H2,(H,6,7,8). The van der Waals surface area contributed by atoms with Crippen LogP contribution in [0.1, 0.15) is 29.6 Å². The number of nitrogens with two attached hydrogens (primary N) is 2. The predicted octanol–water partition coefficient (Wildman–Crippen LogP) is -0.315. The molecule has 1 saturated heterocycles. The lowest BCUT2D eigenvalue weighted by Gasteiger charge is -2.07. The molecule has 0 atom stereocenters. The highest BCUT2D eigenvalue weighted by Crippen LogP contribution is 2.08. The van der Waals surface area contributed by atoms with Crippen LogP contribution in [0.15, 0.2) is 24.3 Å². The van der Waals surface area contributed by atoms with Gasteiger partial charge in [-0.2, -0.15) is 0 Å². The Labute approximate surface area is 110 Å². The molecule has 0 radical (unpaired) electrons. The first kappa shape index (κ1) is 14.7. The van der Waals surface area contributed by atoms with Gasteiger partial charge in [0.1, 0.15) is 0 Å². The van der Waals surface area contributed by atoms with E-state index in [0.29, 0.717) is 30.5 Å². The Balaban J connectivity index is 0.000000200. The maximum absolute atomic E-state index is 10.9. The Morgan fingerprint density at radius 2 is 1.74 bits per heavy atom. The number of para-hydroxylation sites is 1. The number of piperidine rings is 1. The quantitative estimate of drug-likeness (QED) is 0.182. The molecule has 0 bridgehead atoms. The number of anilines is 1. The van der Waals surface area contributed by atoms with Crippen LogP contribution in [-0.2, 0) is 9.59 Å². The van der Waals surface area contributed by atoms with Crippen molar-refractivity contribution >= 4 is 23.4 Å². The van der Waals surface area contributed by atoms with Gasteiger partial charge in [-0.25, -0.2) is 5.84 Å². The van der Waals surface area contributed by atoms with Gasteiger partial charge < -0.3 is 5.73 Å². The van der Waals surface area contributed by atoms with Crippen molar-refractivity contribution in [1.29, 1.82) is 0 Å². The van der Waals surface area contributed by atoms with Crippen LogP contribution in [0.2, 0.25) is 0 Å². The van der Waals surface area contributed by atoms with E-state index in [1.54, 1.807) is 24.3 Å². The summed E-state index contributed by atoms with van der Waals surface area (Å²) in [6.07, 6.45) is 1.72. The molecule has 2 rings (SSSR count). The van der Waals surface area contributed by atoms with Crippen LogP contribution in [0.25, 0.3) is 0 Å². The lowest BCUT2D eigenvalue weighted by Crippen LogP contribution is -2.33. The summed E-state index contributed by atoms with van der Waals surface area (Å²) in [5.41, 5.74) is 8.31. The predicted molar refractivity (Wildman–Crippen MR) is 69.5 cm³/mol. The zero-order valence-corrected chi connectivity index (χ0v) is 10.3. The number of carbonyl (C=O) groups is 3. The number of rotatable bonds is 1. The first-order valence-electron chi connectivity index (χ1n) is 5.72. The lowest BCUT2D eigenvalue weighted by molar-refractivity contribution is -0.132. The van der Waals surface area contributed by atoms with E-state index in [1.807, 2.05) is 5.43 Å². The van der Waals surface area contributed by atoms with Gasteiger partial charge in [-0.05, 0) is 18.6 Å². The minimum absolute atomic E-state index is 0.138. The fourth-order valence-corrected chi connectivity index (χ4v) is 1.47. The zero-order chi connectivity index (χ0) is 14.3. The van der Waals surface area contributed by atoms with Crippen molar-refractivity contribution < 1.29 is 14.4 Å². The van der Waals surface area contributed by atoms with Crippen molar-refractivity contribution in [2.75, 3.05) is 5.73 Å². The number of hydrazine groups is 1. The van der Waals surface area contributed by atoms with E-state index in [1.165, 1.54) is 0 Å². The van der Waals surface area contributed by atoms with E-state index in [-0.39, 0.29) is 17.7 Å². The highest BCUT2D eigenvalue weighted by Gasteiger charge is 2.13. The molecule has 0 aromatic heterocycles. The Morgan fingerprint density at radius 1 is 1.16 bits per heavy atom. The van der Waals surface area contributed by atoms with Gasteiger partial charge in [0.25, 0.3) is 5.91 Å². The maximum Gasteiger partial charge on any atom is 0.267 e. The number of imide groups is 1. The molecule has 1 aromatic rings. The Bertz CT molecular complexity index is 474. The summed E-state index contributed by atoms with van der Waals surface area (Å²) in [6.45, 7) is 0. The van der Waals surface area contributed by atoms with Gasteiger partial charge in [0.2, 0.25) is 11.8 Å². The molecular weight excluding hydrogens is 248 g/mol. The zero-order valence-electron chi connectivity index (χ0n) is 10.3. The lowest BCUT2D eigenvalue weighted by atomic mass is 10.1. The molecule has 102 valence electrons. The summed E-state index contributed by atoms with van der Waals surface area (Å²) in [4.78, 5) is 31.6. The SMILES string of the molecule is NNC(=O)c1ccccc1N.O=C1CCCC(=O)N1. The van der Waals surface area contributed by atoms with Crippen molar-refractivity contribution in [2.24, 2.45) is 5.84 Å². The fourth-order valence-electron chi connectivity index (χ4n) is 1.47. The molecule has 0 saturated carbocycles. The number of benzene rings is 1. The Hall–Kier alpha value is -2.41. The summed E-state index contributed by atoms with van der Waals surface area (Å²) in [5.74, 6) is 4.27. The molecule has 1 fully saturated rings. The number of nitrogens with one attached hydrogen (secondary N) is 2. The first-order valence-corrected chi connectivity index (χ1v) is 5.72. The number of amides is 3. The highest BCUT2D eigenvalue weighted by atomic mass is 16.2. The second-order valence-electron chi connectivity index (χ2n) is 3.89. The molecule has 0 spiro atoms. The van der Waals surface area contributed by atoms with Crippen LogP contribution in [0.5, 0.6) is 0 Å². The molecule has 6 N–H and O–H groups in total. The Morgan fingerprint density at radius 3 is 2.16 bits per heavy atom. The minimum Gasteiger partial charge on any atom is -0.398 e. The number of carbonyl (C=O) groups excluding carboxylic acids is 3. The second kappa shape index (κ2) is 7.12. The minimum atomic E-state index is -0.372. The van der Waals surface area contributed by atoms with Crippen LogP contribution in [-0.4, -0.2) is 17.7 Å². The van der Waals surface area contributed by atoms with E-state index in [0.717, 1.165) is 0 Å². The highest BCUT2D eigenvalue weighted by molar-refractivity contribution is 5.98. The van der Waals surface area contributed by atoms with Gasteiger partial charge in [0.05, 0.1) is 5.56 Å². The fraction of sp³-hybridized carbons (Fsp3) is 0.250. The van der Waals surface area contributed by atoms with Crippen molar-refractivity contribution in [3.8, 4) is 0 Å². The van der Waals surface area contributed by atoms with E-state index in [2.05, 4.69) is 5.32 Å². The molecule has 19 heavy (non-hydrogen) atoms. The summed E-state index contributed by atoms with van der Waals surface area (Å²) >= 11 is 0. The van der Waals surface area contributed by atoms with Crippen molar-refractivity contribution in [2.45, 2.75) is 19.3 Å². The van der Waals surface area contributed by atoms with Gasteiger partial charge >= 0.3 is 0 Å². The molecule has 1 aliphatic rings. The second-order valence-corrected chi connectivity index (χ2v) is 3.89. The van der Waals surface area contributed by atoms with Crippen LogP contribution >= 0.6 is 0 Å². The van der Waals surface area contributed by atoms with Gasteiger partial charge in [0, 0.05) is 18.5 Å². The van der Waals surface area contributed by atoms with Crippen LogP contribution < -0.4 is 22.3 Å². The monoisotopic (exact) mass is 264 g/mol. The molecule has 0 unspecified atom stereocenters. The topological polar surface area (TPSA) is 127 Å². The van der Waals surface area contributed by atoms with Crippen molar-refractivity contribution in [1.82, 2.24) is 10.7 Å². The molecule has 1 aliphatic heterocycles. The summed E-state index contributed by atoms with van der Waals surface area (Å²) in [7, 11) is 0. The molecular formula is C12H16N4O3. The molecule has 1 aromatic carbocycles. The maximum atomic E-state index is 10.9. The summed E-state index contributed by atoms with van der Waals surface area (Å²) in [6, 6.07) is 6.73. The van der Waals surface area contributed by atoms with E-state index < -0.39 is 0 Å². The molecule has 0 aliphatic carbocycles. The van der Waals surface area contributed by atoms with Crippen molar-refractivity contribution in [3.05, 3.63) is 29.8 Å². The smallest absolute Gasteiger partial charge is 0.267 e. The van der Waals surface area contributed by atoms with E-state index >= 15 is 0 Å². The van der Waals surface area contributed by atoms with Crippen LogP contribution in [0, 0.1) is 0 Å². The average molecular weight is 264 g/mol. The normalized spacial score (nSPS) is 13.9. The third-order valence-corrected chi connectivity index (χ3v) is 2.42. The number of hydrogen-bond donors (Lipinski definition) is 4. The molecule has 1 heterocycles. The van der Waals surface area contributed by atoms with Gasteiger partial charge in [-0.3, -0.25) is 25.1 Å². The van der Waals surface area contributed by atoms with E-state index in [9.17, 15) is 14.4 Å². The molecule has 7 heteroatoms. The molecule has 7 nitrogen and oxygen atoms in total. The Kier molecular flexibility index (Phi) is 5.49. The first-order chi connectivity index (χ1) is 9.04. The molecule has 3 amide bonds. The van der Waals surface area contributed by atoms with Crippen molar-refractivity contribution in [3.63, 3.8) is 0 Å². The van der Waals surface area contributed by atoms with E-state index in [4.69, 9.17) is 11.6 Å². The summed E-state index contributed by atoms with van der Waals surface area (Å²) in [5, 5.41) is 2.20. The third-order valence-electron chi connectivity index (χ3n) is 2.42. The average Bonchev–Trinajstić information content (AvgIpc) is 2.39. The van der Waals surface area contributed by atoms with Gasteiger partial charge in [-0.1, -0.05) is 12.1 Å². The third kappa shape index (κ3) is 4.76. The number of nitrogen functional groups attached to an aromatic ring is 2. The van der Waals surface area contributed by atoms with Crippen LogP contribution in [0.3, 0.4) is 0 Å². The van der Waals surface area contributed by atoms with Gasteiger partial charge in [0.15, 0.2) is 0 Å². The van der Waals surface area contributed by atoms with Gasteiger partial charge in [-0.15, -0.1) is 0 Å². The largest absolute Gasteiger partial charge is 0.398 e. The number of hydrogen-bond acceptors (Lipinski definition) is 5. The summed E-state index contributed by atoms with van der Waals surface area (Å²) < 4.78 is 0. The van der Waals surface area contributed by atoms with Crippen LogP contribution in [0.4, 0.5) is 5.69 Å².